The molecule has 0 unspecified atom stereocenters. The molecule has 0 N–H and O–H groups in total. The first-order chi connectivity index (χ1) is 5.29. The van der Waals surface area contributed by atoms with E-state index in [9.17, 15) is 0 Å². The maximum absolute atomic E-state index is 5.10. The highest BCUT2D eigenvalue weighted by atomic mass is 79.9. The summed E-state index contributed by atoms with van der Waals surface area (Å²) in [7, 11) is 1.65. The zero-order valence-corrected chi connectivity index (χ0v) is 8.18. The van der Waals surface area contributed by atoms with Gasteiger partial charge in [0.25, 0.3) is 0 Å². The normalized spacial score (nSPS) is 9.73. The van der Waals surface area contributed by atoms with E-state index in [1.807, 2.05) is 13.1 Å². The van der Waals surface area contributed by atoms with Crippen molar-refractivity contribution in [2.24, 2.45) is 0 Å². The van der Waals surface area contributed by atoms with Crippen LogP contribution in [-0.2, 0) is 5.33 Å². The van der Waals surface area contributed by atoms with Crippen molar-refractivity contribution >= 4 is 15.9 Å². The molecule has 60 valence electrons. The van der Waals surface area contributed by atoms with Crippen LogP contribution < -0.4 is 4.74 Å². The first kappa shape index (κ1) is 8.53. The van der Waals surface area contributed by atoms with Crippen molar-refractivity contribution in [2.45, 2.75) is 12.3 Å². The Morgan fingerprint density at radius 2 is 2.27 bits per heavy atom. The van der Waals surface area contributed by atoms with Gasteiger partial charge in [-0.25, -0.2) is 0 Å². The lowest BCUT2D eigenvalue weighted by molar-refractivity contribution is 0.409. The molecule has 0 amide bonds. The number of hydrogen-bond acceptors (Lipinski definition) is 2. The lowest BCUT2D eigenvalue weighted by Gasteiger charge is -2.06. The molecule has 1 heterocycles. The number of methoxy groups -OCH3 is 1. The molecule has 0 spiro atoms. The minimum absolute atomic E-state index is 0.822. The van der Waals surface area contributed by atoms with Crippen molar-refractivity contribution in [1.29, 1.82) is 0 Å². The summed E-state index contributed by atoms with van der Waals surface area (Å²) in [5.74, 6) is 0.849. The van der Waals surface area contributed by atoms with E-state index in [1.54, 1.807) is 13.3 Å². The van der Waals surface area contributed by atoms with Crippen LogP contribution in [0.3, 0.4) is 0 Å². The molecule has 11 heavy (non-hydrogen) atoms. The monoisotopic (exact) mass is 215 g/mol. The van der Waals surface area contributed by atoms with E-state index < -0.39 is 0 Å². The molecule has 0 aromatic carbocycles. The summed E-state index contributed by atoms with van der Waals surface area (Å²) in [5, 5.41) is 0.822. The van der Waals surface area contributed by atoms with Gasteiger partial charge in [-0.05, 0) is 18.1 Å². The van der Waals surface area contributed by atoms with E-state index in [0.717, 1.165) is 16.6 Å². The van der Waals surface area contributed by atoms with Crippen LogP contribution in [0.5, 0.6) is 5.75 Å². The first-order valence-electron chi connectivity index (χ1n) is 3.33. The van der Waals surface area contributed by atoms with Gasteiger partial charge in [-0.2, -0.15) is 0 Å². The van der Waals surface area contributed by atoms with Gasteiger partial charge in [-0.3, -0.25) is 4.98 Å². The number of hydrogen-bond donors (Lipinski definition) is 0. The molecule has 0 aliphatic heterocycles. The Hall–Kier alpha value is -0.570. The molecular formula is C8H10BrNO. The fraction of sp³-hybridized carbons (Fsp3) is 0.375. The van der Waals surface area contributed by atoms with Crippen molar-refractivity contribution in [3.8, 4) is 5.75 Å². The molecule has 0 saturated heterocycles. The van der Waals surface area contributed by atoms with Gasteiger partial charge in [0, 0.05) is 11.5 Å². The van der Waals surface area contributed by atoms with E-state index in [2.05, 4.69) is 20.9 Å². The van der Waals surface area contributed by atoms with Crippen molar-refractivity contribution in [3.05, 3.63) is 23.5 Å². The van der Waals surface area contributed by atoms with Crippen molar-refractivity contribution in [3.63, 3.8) is 0 Å². The molecule has 0 bridgehead atoms. The molecule has 0 fully saturated rings. The molecule has 0 atom stereocenters. The van der Waals surface area contributed by atoms with Gasteiger partial charge in [-0.1, -0.05) is 15.9 Å². The summed E-state index contributed by atoms with van der Waals surface area (Å²) in [5.41, 5.74) is 2.32. The van der Waals surface area contributed by atoms with E-state index in [0.29, 0.717) is 0 Å². The second-order valence-corrected chi connectivity index (χ2v) is 2.82. The molecule has 1 aromatic heterocycles. The van der Waals surface area contributed by atoms with E-state index in [4.69, 9.17) is 4.74 Å². The lowest BCUT2D eigenvalue weighted by atomic mass is 10.2. The number of aromatic nitrogens is 1. The average molecular weight is 216 g/mol. The van der Waals surface area contributed by atoms with Crippen LogP contribution >= 0.6 is 15.9 Å². The van der Waals surface area contributed by atoms with E-state index in [1.165, 1.54) is 5.56 Å². The Balaban J connectivity index is 3.10. The number of halogens is 1. The summed E-state index contributed by atoms with van der Waals surface area (Å²) >= 11 is 3.38. The zero-order chi connectivity index (χ0) is 8.27. The number of ether oxygens (including phenoxy) is 1. The summed E-state index contributed by atoms with van der Waals surface area (Å²) in [6, 6.07) is 0. The third-order valence-corrected chi connectivity index (χ3v) is 2.24. The number of alkyl halides is 1. The summed E-state index contributed by atoms with van der Waals surface area (Å²) < 4.78 is 5.10. The molecule has 0 aliphatic carbocycles. The summed E-state index contributed by atoms with van der Waals surface area (Å²) in [6.45, 7) is 2.02. The highest BCUT2D eigenvalue weighted by Gasteiger charge is 2.02. The van der Waals surface area contributed by atoms with Crippen molar-refractivity contribution in [2.75, 3.05) is 7.11 Å². The van der Waals surface area contributed by atoms with Crippen LogP contribution in [0.2, 0.25) is 0 Å². The second kappa shape index (κ2) is 3.72. The molecule has 1 aromatic rings. The number of rotatable bonds is 2. The maximum Gasteiger partial charge on any atom is 0.140 e. The third kappa shape index (κ3) is 1.71. The molecular weight excluding hydrogens is 206 g/mol. The molecule has 0 aliphatic rings. The molecule has 3 heteroatoms. The Labute approximate surface area is 74.7 Å². The van der Waals surface area contributed by atoms with Gasteiger partial charge in [0.1, 0.15) is 5.75 Å². The minimum Gasteiger partial charge on any atom is -0.495 e. The second-order valence-electron chi connectivity index (χ2n) is 2.26. The quantitative estimate of drug-likeness (QED) is 0.707. The van der Waals surface area contributed by atoms with Gasteiger partial charge in [0.05, 0.1) is 13.3 Å². The smallest absolute Gasteiger partial charge is 0.140 e. The van der Waals surface area contributed by atoms with Crippen LogP contribution in [0.1, 0.15) is 11.1 Å². The highest BCUT2D eigenvalue weighted by Crippen LogP contribution is 2.20. The van der Waals surface area contributed by atoms with Gasteiger partial charge in [-0.15, -0.1) is 0 Å². The van der Waals surface area contributed by atoms with Gasteiger partial charge >= 0.3 is 0 Å². The standard InChI is InChI=1S/C8H10BrNO/c1-6-7(3-9)4-10-5-8(6)11-2/h4-5H,3H2,1-2H3. The van der Waals surface area contributed by atoms with Crippen molar-refractivity contribution in [1.82, 2.24) is 4.98 Å². The van der Waals surface area contributed by atoms with E-state index >= 15 is 0 Å². The Kier molecular flexibility index (Phi) is 2.88. The number of pyridine rings is 1. The summed E-state index contributed by atoms with van der Waals surface area (Å²) in [4.78, 5) is 4.03. The van der Waals surface area contributed by atoms with Gasteiger partial charge < -0.3 is 4.74 Å². The fourth-order valence-corrected chi connectivity index (χ4v) is 1.45. The van der Waals surface area contributed by atoms with Crippen LogP contribution in [-0.4, -0.2) is 12.1 Å². The molecule has 1 rings (SSSR count). The fourth-order valence-electron chi connectivity index (χ4n) is 0.887. The average Bonchev–Trinajstić information content (AvgIpc) is 2.05. The van der Waals surface area contributed by atoms with Gasteiger partial charge in [0.2, 0.25) is 0 Å². The molecule has 2 nitrogen and oxygen atoms in total. The Bertz CT molecular complexity index is 228. The Morgan fingerprint density at radius 3 is 2.82 bits per heavy atom. The predicted octanol–water partition coefficient (Wildman–Crippen LogP) is 2.29. The Morgan fingerprint density at radius 1 is 1.55 bits per heavy atom. The number of nitrogens with zero attached hydrogens (tertiary/aromatic N) is 1. The van der Waals surface area contributed by atoms with Crippen LogP contribution in [0, 0.1) is 6.92 Å². The molecule has 0 radical (unpaired) electrons. The van der Waals surface area contributed by atoms with E-state index in [-0.39, 0.29) is 0 Å². The first-order valence-corrected chi connectivity index (χ1v) is 4.45. The highest BCUT2D eigenvalue weighted by molar-refractivity contribution is 9.08. The van der Waals surface area contributed by atoms with Gasteiger partial charge in [0.15, 0.2) is 0 Å². The van der Waals surface area contributed by atoms with Crippen LogP contribution in [0.4, 0.5) is 0 Å². The predicted molar refractivity (Wildman–Crippen MR) is 48.2 cm³/mol. The molecule has 0 saturated carbocycles. The zero-order valence-electron chi connectivity index (χ0n) is 6.60. The van der Waals surface area contributed by atoms with Crippen LogP contribution in [0.25, 0.3) is 0 Å². The largest absolute Gasteiger partial charge is 0.495 e. The maximum atomic E-state index is 5.10. The third-order valence-electron chi connectivity index (χ3n) is 1.64. The topological polar surface area (TPSA) is 22.1 Å². The SMILES string of the molecule is COc1cncc(CBr)c1C. The summed E-state index contributed by atoms with van der Waals surface area (Å²) in [6.07, 6.45) is 3.56. The minimum atomic E-state index is 0.822. The lowest BCUT2D eigenvalue weighted by Crippen LogP contribution is -1.92. The van der Waals surface area contributed by atoms with Crippen LogP contribution in [0.15, 0.2) is 12.4 Å². The van der Waals surface area contributed by atoms with Crippen molar-refractivity contribution < 1.29 is 4.74 Å².